The minimum atomic E-state index is -0.0537. The van der Waals surface area contributed by atoms with Gasteiger partial charge in [-0.1, -0.05) is 86.5 Å². The van der Waals surface area contributed by atoms with Crippen LogP contribution in [-0.4, -0.2) is 24.0 Å². The molecule has 0 unspecified atom stereocenters. The second-order valence-corrected chi connectivity index (χ2v) is 7.54. The van der Waals surface area contributed by atoms with Crippen molar-refractivity contribution in [2.45, 2.75) is 39.3 Å². The van der Waals surface area contributed by atoms with E-state index in [9.17, 15) is 4.79 Å². The summed E-state index contributed by atoms with van der Waals surface area (Å²) in [5, 5.41) is 0. The zero-order valence-corrected chi connectivity index (χ0v) is 18.2. The van der Waals surface area contributed by atoms with E-state index < -0.39 is 0 Å². The molecule has 0 saturated carbocycles. The van der Waals surface area contributed by atoms with Crippen molar-refractivity contribution in [3.8, 4) is 11.5 Å². The molecule has 0 aliphatic carbocycles. The highest BCUT2D eigenvalue weighted by molar-refractivity contribution is 5.77. The molecule has 4 heteroatoms. The van der Waals surface area contributed by atoms with E-state index >= 15 is 0 Å². The Balaban J connectivity index is 1.60. The van der Waals surface area contributed by atoms with E-state index in [4.69, 9.17) is 9.47 Å². The third-order valence-corrected chi connectivity index (χ3v) is 4.97. The molecule has 0 aliphatic rings. The van der Waals surface area contributed by atoms with Gasteiger partial charge in [0.05, 0.1) is 6.61 Å². The second kappa shape index (κ2) is 12.4. The van der Waals surface area contributed by atoms with E-state index in [-0.39, 0.29) is 12.5 Å². The molecular formula is C27H31NO3. The van der Waals surface area contributed by atoms with Gasteiger partial charge >= 0.3 is 0 Å². The maximum Gasteiger partial charge on any atom is 0.261 e. The average molecular weight is 418 g/mol. The van der Waals surface area contributed by atoms with Crippen LogP contribution >= 0.6 is 0 Å². The summed E-state index contributed by atoms with van der Waals surface area (Å²) >= 11 is 0. The van der Waals surface area contributed by atoms with Gasteiger partial charge in [-0.2, -0.15) is 0 Å². The van der Waals surface area contributed by atoms with Crippen LogP contribution in [0.1, 0.15) is 37.3 Å². The van der Waals surface area contributed by atoms with E-state index in [2.05, 4.69) is 6.92 Å². The van der Waals surface area contributed by atoms with Crippen LogP contribution in [-0.2, 0) is 17.9 Å². The number of nitrogens with zero attached hydrogens (tertiary/aromatic N) is 1. The molecule has 0 aliphatic heterocycles. The van der Waals surface area contributed by atoms with Crippen molar-refractivity contribution >= 4 is 5.91 Å². The van der Waals surface area contributed by atoms with Gasteiger partial charge in [0.15, 0.2) is 6.61 Å². The SMILES string of the molecule is CCCCCOc1cccc(OCC(=O)N(Cc2ccccc2)Cc2ccccc2)c1. The summed E-state index contributed by atoms with van der Waals surface area (Å²) in [6, 6.07) is 27.5. The molecule has 0 aromatic heterocycles. The zero-order valence-electron chi connectivity index (χ0n) is 18.2. The van der Waals surface area contributed by atoms with Crippen LogP contribution in [0.5, 0.6) is 11.5 Å². The maximum atomic E-state index is 13.0. The van der Waals surface area contributed by atoms with Crippen LogP contribution < -0.4 is 9.47 Å². The summed E-state index contributed by atoms with van der Waals surface area (Å²) in [7, 11) is 0. The van der Waals surface area contributed by atoms with Crippen LogP contribution in [0.15, 0.2) is 84.9 Å². The second-order valence-electron chi connectivity index (χ2n) is 7.54. The number of amides is 1. The van der Waals surface area contributed by atoms with Gasteiger partial charge in [0.2, 0.25) is 0 Å². The predicted octanol–water partition coefficient (Wildman–Crippen LogP) is 5.86. The van der Waals surface area contributed by atoms with Gasteiger partial charge in [-0.05, 0) is 29.7 Å². The number of carbonyl (C=O) groups excluding carboxylic acids is 1. The largest absolute Gasteiger partial charge is 0.493 e. The molecule has 0 heterocycles. The molecule has 3 aromatic carbocycles. The molecule has 0 fully saturated rings. The van der Waals surface area contributed by atoms with Gasteiger partial charge in [-0.3, -0.25) is 4.79 Å². The fourth-order valence-electron chi connectivity index (χ4n) is 3.27. The number of ether oxygens (including phenoxy) is 2. The number of hydrogen-bond acceptors (Lipinski definition) is 3. The van der Waals surface area contributed by atoms with Crippen molar-refractivity contribution in [2.75, 3.05) is 13.2 Å². The lowest BCUT2D eigenvalue weighted by atomic mass is 10.1. The lowest BCUT2D eigenvalue weighted by Crippen LogP contribution is -2.34. The Hall–Kier alpha value is -3.27. The Kier molecular flexibility index (Phi) is 8.99. The number of carbonyl (C=O) groups is 1. The molecule has 0 N–H and O–H groups in total. The smallest absolute Gasteiger partial charge is 0.261 e. The first-order valence-corrected chi connectivity index (χ1v) is 11.0. The fraction of sp³-hybridized carbons (Fsp3) is 0.296. The van der Waals surface area contributed by atoms with Crippen molar-refractivity contribution in [1.29, 1.82) is 0 Å². The number of rotatable bonds is 12. The summed E-state index contributed by atoms with van der Waals surface area (Å²) < 4.78 is 11.6. The summed E-state index contributed by atoms with van der Waals surface area (Å²) in [5.74, 6) is 1.36. The summed E-state index contributed by atoms with van der Waals surface area (Å²) in [6.45, 7) is 3.93. The molecule has 0 saturated heterocycles. The van der Waals surface area contributed by atoms with E-state index in [1.54, 1.807) is 0 Å². The Morgan fingerprint density at radius 3 is 1.90 bits per heavy atom. The monoisotopic (exact) mass is 417 g/mol. The summed E-state index contributed by atoms with van der Waals surface area (Å²) in [5.41, 5.74) is 2.18. The highest BCUT2D eigenvalue weighted by Gasteiger charge is 2.16. The molecule has 0 bridgehead atoms. The molecule has 162 valence electrons. The summed E-state index contributed by atoms with van der Waals surface area (Å²) in [6.07, 6.45) is 3.36. The first-order chi connectivity index (χ1) is 15.2. The van der Waals surface area contributed by atoms with Gasteiger partial charge in [0, 0.05) is 19.2 Å². The minimum absolute atomic E-state index is 0.0149. The van der Waals surface area contributed by atoms with Crippen molar-refractivity contribution in [3.05, 3.63) is 96.1 Å². The van der Waals surface area contributed by atoms with Gasteiger partial charge in [-0.25, -0.2) is 0 Å². The van der Waals surface area contributed by atoms with Crippen LogP contribution in [0, 0.1) is 0 Å². The molecule has 0 spiro atoms. The molecular weight excluding hydrogens is 386 g/mol. The standard InChI is InChI=1S/C27H31NO3/c1-2-3-10-18-30-25-16-11-17-26(19-25)31-22-27(29)28(20-23-12-6-4-7-13-23)21-24-14-8-5-9-15-24/h4-9,11-17,19H,2-3,10,18,20-22H2,1H3. The quantitative estimate of drug-likeness (QED) is 0.346. The first-order valence-electron chi connectivity index (χ1n) is 11.0. The molecule has 4 nitrogen and oxygen atoms in total. The van der Waals surface area contributed by atoms with E-state index in [0.29, 0.717) is 25.4 Å². The zero-order chi connectivity index (χ0) is 21.7. The Bertz CT molecular complexity index is 871. The Labute approximate surface area is 185 Å². The van der Waals surface area contributed by atoms with Crippen molar-refractivity contribution in [3.63, 3.8) is 0 Å². The number of unbranched alkanes of at least 4 members (excludes halogenated alkanes) is 2. The van der Waals surface area contributed by atoms with Crippen LogP contribution in [0.25, 0.3) is 0 Å². The maximum absolute atomic E-state index is 13.0. The molecule has 0 atom stereocenters. The van der Waals surface area contributed by atoms with Gasteiger partial charge in [-0.15, -0.1) is 0 Å². The van der Waals surface area contributed by atoms with E-state index in [0.717, 1.165) is 36.1 Å². The van der Waals surface area contributed by atoms with Gasteiger partial charge < -0.3 is 14.4 Å². The molecule has 3 aromatic rings. The predicted molar refractivity (Wildman–Crippen MR) is 124 cm³/mol. The lowest BCUT2D eigenvalue weighted by molar-refractivity contribution is -0.134. The molecule has 3 rings (SSSR count). The third-order valence-electron chi connectivity index (χ3n) is 4.97. The van der Waals surface area contributed by atoms with Crippen LogP contribution in [0.2, 0.25) is 0 Å². The van der Waals surface area contributed by atoms with E-state index in [1.165, 1.54) is 0 Å². The van der Waals surface area contributed by atoms with E-state index in [1.807, 2.05) is 89.8 Å². The first kappa shape index (κ1) is 22.4. The number of hydrogen-bond donors (Lipinski definition) is 0. The van der Waals surface area contributed by atoms with Crippen LogP contribution in [0.4, 0.5) is 0 Å². The van der Waals surface area contributed by atoms with Crippen LogP contribution in [0.3, 0.4) is 0 Å². The highest BCUT2D eigenvalue weighted by atomic mass is 16.5. The Morgan fingerprint density at radius 1 is 0.742 bits per heavy atom. The molecule has 31 heavy (non-hydrogen) atoms. The lowest BCUT2D eigenvalue weighted by Gasteiger charge is -2.23. The molecule has 0 radical (unpaired) electrons. The topological polar surface area (TPSA) is 38.8 Å². The minimum Gasteiger partial charge on any atom is -0.493 e. The van der Waals surface area contributed by atoms with Gasteiger partial charge in [0.25, 0.3) is 5.91 Å². The van der Waals surface area contributed by atoms with Gasteiger partial charge in [0.1, 0.15) is 11.5 Å². The molecule has 1 amide bonds. The normalized spacial score (nSPS) is 10.5. The fourth-order valence-corrected chi connectivity index (χ4v) is 3.27. The highest BCUT2D eigenvalue weighted by Crippen LogP contribution is 2.20. The van der Waals surface area contributed by atoms with Crippen molar-refractivity contribution in [2.24, 2.45) is 0 Å². The third kappa shape index (κ3) is 7.82. The average Bonchev–Trinajstić information content (AvgIpc) is 2.81. The summed E-state index contributed by atoms with van der Waals surface area (Å²) in [4.78, 5) is 14.9. The number of benzene rings is 3. The van der Waals surface area contributed by atoms with Crippen molar-refractivity contribution in [1.82, 2.24) is 4.90 Å². The van der Waals surface area contributed by atoms with Crippen molar-refractivity contribution < 1.29 is 14.3 Å². The Morgan fingerprint density at radius 2 is 1.32 bits per heavy atom.